The second kappa shape index (κ2) is 8.56. The average Bonchev–Trinajstić information content (AvgIpc) is 3.22. The Kier molecular flexibility index (Phi) is 6.11. The monoisotopic (exact) mass is 295 g/mol. The van der Waals surface area contributed by atoms with E-state index in [4.69, 9.17) is 0 Å². The maximum atomic E-state index is 4.18. The number of aromatic nitrogens is 3. The molecule has 1 aromatic carbocycles. The van der Waals surface area contributed by atoms with Gasteiger partial charge in [0.05, 0.1) is 17.9 Å². The molecule has 0 atom stereocenters. The van der Waals surface area contributed by atoms with E-state index in [0.717, 1.165) is 30.3 Å². The molecule has 0 saturated carbocycles. The molecule has 0 aliphatic carbocycles. The van der Waals surface area contributed by atoms with Crippen LogP contribution in [0.15, 0.2) is 60.0 Å². The molecule has 4 rings (SSSR count). The van der Waals surface area contributed by atoms with Crippen molar-refractivity contribution in [2.24, 2.45) is 4.99 Å². The van der Waals surface area contributed by atoms with Gasteiger partial charge >= 0.3 is 0 Å². The molecule has 5 nitrogen and oxygen atoms in total. The van der Waals surface area contributed by atoms with Gasteiger partial charge in [0.1, 0.15) is 5.82 Å². The molecule has 2 N–H and O–H groups in total. The van der Waals surface area contributed by atoms with Crippen molar-refractivity contribution in [3.8, 4) is 0 Å². The number of benzene rings is 1. The summed E-state index contributed by atoms with van der Waals surface area (Å²) in [5, 5.41) is 4.27. The summed E-state index contributed by atoms with van der Waals surface area (Å²) in [6, 6.07) is 12.1. The van der Waals surface area contributed by atoms with Crippen molar-refractivity contribution in [1.82, 2.24) is 20.3 Å². The molecule has 3 heterocycles. The average molecular weight is 295 g/mol. The molecule has 0 fully saturated rings. The number of nitrogens with zero attached hydrogens (tertiary/aromatic N) is 3. The molecule has 0 radical (unpaired) electrons. The Labute approximate surface area is 130 Å². The number of aliphatic imine (C=N–C) groups is 1. The third-order valence-corrected chi connectivity index (χ3v) is 2.99. The number of aryl methyl sites for hydroxylation is 1. The molecule has 5 heteroatoms. The van der Waals surface area contributed by atoms with Crippen LogP contribution in [0, 0.1) is 6.92 Å². The fourth-order valence-electron chi connectivity index (χ4n) is 1.88. The first-order chi connectivity index (χ1) is 10.8. The Morgan fingerprint density at radius 3 is 2.27 bits per heavy atom. The molecular formula is C17H21N5. The van der Waals surface area contributed by atoms with Crippen molar-refractivity contribution < 1.29 is 0 Å². The number of rotatable bonds is 0. The number of hydrogen-bond donors (Lipinski definition) is 2. The van der Waals surface area contributed by atoms with E-state index in [1.165, 1.54) is 5.39 Å². The van der Waals surface area contributed by atoms with Crippen LogP contribution in [0.5, 0.6) is 0 Å². The van der Waals surface area contributed by atoms with Crippen molar-refractivity contribution in [2.75, 3.05) is 13.1 Å². The zero-order valence-corrected chi connectivity index (χ0v) is 13.0. The third-order valence-electron chi connectivity index (χ3n) is 2.99. The molecule has 3 aromatic rings. The van der Waals surface area contributed by atoms with Crippen molar-refractivity contribution >= 4 is 16.7 Å². The van der Waals surface area contributed by atoms with Crippen LogP contribution in [0.2, 0.25) is 0 Å². The fourth-order valence-corrected chi connectivity index (χ4v) is 1.88. The highest BCUT2D eigenvalue weighted by Crippen LogP contribution is 2.07. The van der Waals surface area contributed by atoms with E-state index in [1.54, 1.807) is 12.4 Å². The molecule has 1 aliphatic heterocycles. The molecular weight excluding hydrogens is 274 g/mol. The number of H-pyrrole nitrogens is 1. The normalized spacial score (nSPS) is 12.4. The van der Waals surface area contributed by atoms with Crippen molar-refractivity contribution in [1.29, 1.82) is 0 Å². The lowest BCUT2D eigenvalue weighted by atomic mass is 10.2. The van der Waals surface area contributed by atoms with E-state index in [-0.39, 0.29) is 0 Å². The number of imidazole rings is 1. The van der Waals surface area contributed by atoms with Gasteiger partial charge in [0, 0.05) is 30.5 Å². The van der Waals surface area contributed by atoms with Crippen LogP contribution in [-0.4, -0.2) is 33.9 Å². The van der Waals surface area contributed by atoms with Crippen LogP contribution in [-0.2, 0) is 0 Å². The van der Waals surface area contributed by atoms with Gasteiger partial charge in [-0.3, -0.25) is 9.98 Å². The highest BCUT2D eigenvalue weighted by atomic mass is 15.0. The van der Waals surface area contributed by atoms with Crippen LogP contribution >= 0.6 is 0 Å². The number of para-hydroxylation sites is 1. The van der Waals surface area contributed by atoms with Gasteiger partial charge in [-0.25, -0.2) is 4.98 Å². The van der Waals surface area contributed by atoms with Crippen molar-refractivity contribution in [3.63, 3.8) is 0 Å². The van der Waals surface area contributed by atoms with Gasteiger partial charge in [0.15, 0.2) is 0 Å². The SMILES string of the molecule is CC1=NCCN1.Cc1ncc[nH]1.c1ccc2ncccc2c1. The summed E-state index contributed by atoms with van der Waals surface area (Å²) in [7, 11) is 0. The van der Waals surface area contributed by atoms with Gasteiger partial charge in [0.25, 0.3) is 0 Å². The molecule has 114 valence electrons. The molecule has 2 aromatic heterocycles. The van der Waals surface area contributed by atoms with Gasteiger partial charge in [-0.2, -0.15) is 0 Å². The third kappa shape index (κ3) is 5.36. The van der Waals surface area contributed by atoms with Gasteiger partial charge in [-0.05, 0) is 26.0 Å². The van der Waals surface area contributed by atoms with E-state index < -0.39 is 0 Å². The zero-order chi connectivity index (χ0) is 15.6. The van der Waals surface area contributed by atoms with Gasteiger partial charge in [-0.1, -0.05) is 24.3 Å². The Morgan fingerprint density at radius 1 is 0.955 bits per heavy atom. The second-order valence-corrected chi connectivity index (χ2v) is 4.76. The summed E-state index contributed by atoms with van der Waals surface area (Å²) in [5.74, 6) is 2.05. The first-order valence-corrected chi connectivity index (χ1v) is 7.26. The first kappa shape index (κ1) is 15.7. The molecule has 0 bridgehead atoms. The molecule has 22 heavy (non-hydrogen) atoms. The lowest BCUT2D eigenvalue weighted by Crippen LogP contribution is -2.13. The maximum absolute atomic E-state index is 4.18. The van der Waals surface area contributed by atoms with E-state index >= 15 is 0 Å². The molecule has 0 spiro atoms. The smallest absolute Gasteiger partial charge is 0.102 e. The van der Waals surface area contributed by atoms with E-state index in [0.29, 0.717) is 0 Å². The highest BCUT2D eigenvalue weighted by Gasteiger charge is 1.93. The predicted octanol–water partition coefficient (Wildman–Crippen LogP) is 2.96. The lowest BCUT2D eigenvalue weighted by Gasteiger charge is -1.91. The summed E-state index contributed by atoms with van der Waals surface area (Å²) in [4.78, 5) is 15.0. The summed E-state index contributed by atoms with van der Waals surface area (Å²) < 4.78 is 0. The number of fused-ring (bicyclic) bond motifs is 1. The molecule has 0 unspecified atom stereocenters. The minimum atomic E-state index is 0.964. The van der Waals surface area contributed by atoms with Gasteiger partial charge in [0.2, 0.25) is 0 Å². The number of amidine groups is 1. The summed E-state index contributed by atoms with van der Waals surface area (Å²) >= 11 is 0. The van der Waals surface area contributed by atoms with E-state index in [2.05, 4.69) is 37.4 Å². The van der Waals surface area contributed by atoms with Crippen LogP contribution in [0.25, 0.3) is 10.9 Å². The quantitative estimate of drug-likeness (QED) is 0.670. The molecule has 1 aliphatic rings. The largest absolute Gasteiger partial charge is 0.372 e. The van der Waals surface area contributed by atoms with Crippen LogP contribution in [0.3, 0.4) is 0 Å². The van der Waals surface area contributed by atoms with E-state index in [9.17, 15) is 0 Å². The van der Waals surface area contributed by atoms with Crippen LogP contribution in [0.4, 0.5) is 0 Å². The highest BCUT2D eigenvalue weighted by molar-refractivity contribution is 5.80. The van der Waals surface area contributed by atoms with Crippen LogP contribution in [0.1, 0.15) is 12.7 Å². The van der Waals surface area contributed by atoms with Gasteiger partial charge < -0.3 is 10.3 Å². The number of hydrogen-bond acceptors (Lipinski definition) is 4. The lowest BCUT2D eigenvalue weighted by molar-refractivity contribution is 0.958. The zero-order valence-electron chi connectivity index (χ0n) is 13.0. The van der Waals surface area contributed by atoms with Crippen molar-refractivity contribution in [2.45, 2.75) is 13.8 Å². The number of nitrogens with one attached hydrogen (secondary N) is 2. The first-order valence-electron chi connectivity index (χ1n) is 7.26. The summed E-state index contributed by atoms with van der Waals surface area (Å²) in [5.41, 5.74) is 1.06. The van der Waals surface area contributed by atoms with E-state index in [1.807, 2.05) is 44.3 Å². The maximum Gasteiger partial charge on any atom is 0.102 e. The Morgan fingerprint density at radius 2 is 1.77 bits per heavy atom. The molecule has 0 amide bonds. The Balaban J connectivity index is 0.000000128. The van der Waals surface area contributed by atoms with Gasteiger partial charge in [-0.15, -0.1) is 0 Å². The number of pyridine rings is 1. The minimum absolute atomic E-state index is 0.964. The molecule has 0 saturated heterocycles. The number of aromatic amines is 1. The van der Waals surface area contributed by atoms with Crippen molar-refractivity contribution in [3.05, 3.63) is 60.8 Å². The topological polar surface area (TPSA) is 66.0 Å². The predicted molar refractivity (Wildman–Crippen MR) is 91.0 cm³/mol. The standard InChI is InChI=1S/C9H7N.C4H8N2.C4H6N2/c1-2-6-9-8(4-1)5-3-7-10-9;2*1-4-5-2-3-6-4/h1-7H;2-3H2,1H3,(H,5,6);2-3H,1H3,(H,5,6). The second-order valence-electron chi connectivity index (χ2n) is 4.76. The Bertz CT molecular complexity index is 638. The summed E-state index contributed by atoms with van der Waals surface area (Å²) in [6.45, 7) is 5.89. The Hall–Kier alpha value is -2.69. The van der Waals surface area contributed by atoms with Crippen LogP contribution < -0.4 is 5.32 Å². The minimum Gasteiger partial charge on any atom is -0.372 e. The summed E-state index contributed by atoms with van der Waals surface area (Å²) in [6.07, 6.45) is 5.34. The fraction of sp³-hybridized carbons (Fsp3) is 0.235.